The lowest BCUT2D eigenvalue weighted by Gasteiger charge is -2.22. The van der Waals surface area contributed by atoms with Gasteiger partial charge in [-0.05, 0) is 38.0 Å². The standard InChI is InChI=1S/C16H15FN4O2/c1-9-11(8-18-23-9)16(22)21-6-2-3-14(21)15-19-12-5-4-10(17)7-13(12)20-15/h4-5,7-8,14H,2-3,6H2,1H3,(H,19,20). The van der Waals surface area contributed by atoms with Crippen molar-refractivity contribution in [1.29, 1.82) is 0 Å². The van der Waals surface area contributed by atoms with Gasteiger partial charge in [0.2, 0.25) is 0 Å². The Morgan fingerprint density at radius 1 is 1.48 bits per heavy atom. The molecule has 1 amide bonds. The molecule has 2 aromatic heterocycles. The van der Waals surface area contributed by atoms with Crippen LogP contribution in [0.4, 0.5) is 4.39 Å². The van der Waals surface area contributed by atoms with Crippen molar-refractivity contribution in [1.82, 2.24) is 20.0 Å². The van der Waals surface area contributed by atoms with Gasteiger partial charge in [-0.3, -0.25) is 4.79 Å². The molecule has 3 aromatic rings. The van der Waals surface area contributed by atoms with E-state index in [-0.39, 0.29) is 17.8 Å². The van der Waals surface area contributed by atoms with Gasteiger partial charge in [0, 0.05) is 6.54 Å². The number of benzene rings is 1. The molecule has 1 saturated heterocycles. The number of H-pyrrole nitrogens is 1. The van der Waals surface area contributed by atoms with Gasteiger partial charge in [-0.2, -0.15) is 0 Å². The number of halogens is 1. The van der Waals surface area contributed by atoms with Crippen LogP contribution in [0.3, 0.4) is 0 Å². The van der Waals surface area contributed by atoms with Gasteiger partial charge in [0.15, 0.2) is 0 Å². The maximum Gasteiger partial charge on any atom is 0.259 e. The highest BCUT2D eigenvalue weighted by Crippen LogP contribution is 2.33. The Morgan fingerprint density at radius 3 is 3.13 bits per heavy atom. The number of carbonyl (C=O) groups excluding carboxylic acids is 1. The third-order valence-electron chi connectivity index (χ3n) is 4.27. The molecule has 1 aromatic carbocycles. The Labute approximate surface area is 131 Å². The summed E-state index contributed by atoms with van der Waals surface area (Å²) in [5.74, 6) is 0.767. The SMILES string of the molecule is Cc1oncc1C(=O)N1CCCC1c1nc2ccc(F)cc2[nH]1. The van der Waals surface area contributed by atoms with Gasteiger partial charge in [-0.1, -0.05) is 5.16 Å². The number of nitrogens with one attached hydrogen (secondary N) is 1. The molecule has 1 atom stereocenters. The van der Waals surface area contributed by atoms with Crippen LogP contribution in [0.25, 0.3) is 11.0 Å². The smallest absolute Gasteiger partial charge is 0.259 e. The van der Waals surface area contributed by atoms with Crippen molar-refractivity contribution >= 4 is 16.9 Å². The predicted molar refractivity (Wildman–Crippen MR) is 80.3 cm³/mol. The van der Waals surface area contributed by atoms with Gasteiger partial charge in [0.1, 0.15) is 23.0 Å². The molecule has 23 heavy (non-hydrogen) atoms. The van der Waals surface area contributed by atoms with E-state index in [1.807, 2.05) is 0 Å². The fourth-order valence-electron chi connectivity index (χ4n) is 3.11. The molecule has 1 fully saturated rings. The summed E-state index contributed by atoms with van der Waals surface area (Å²) < 4.78 is 18.3. The number of aromatic amines is 1. The number of hydrogen-bond acceptors (Lipinski definition) is 4. The second-order valence-corrected chi connectivity index (χ2v) is 5.74. The molecule has 0 aliphatic carbocycles. The van der Waals surface area contributed by atoms with Crippen LogP contribution < -0.4 is 0 Å². The van der Waals surface area contributed by atoms with Crippen LogP contribution in [0.2, 0.25) is 0 Å². The van der Waals surface area contributed by atoms with Gasteiger partial charge >= 0.3 is 0 Å². The first-order valence-electron chi connectivity index (χ1n) is 7.51. The van der Waals surface area contributed by atoms with Crippen LogP contribution in [0, 0.1) is 12.7 Å². The number of nitrogens with zero attached hydrogens (tertiary/aromatic N) is 3. The Morgan fingerprint density at radius 2 is 2.35 bits per heavy atom. The van der Waals surface area contributed by atoms with E-state index in [4.69, 9.17) is 4.52 Å². The first-order valence-corrected chi connectivity index (χ1v) is 7.51. The summed E-state index contributed by atoms with van der Waals surface area (Å²) in [4.78, 5) is 22.1. The number of hydrogen-bond donors (Lipinski definition) is 1. The van der Waals surface area contributed by atoms with E-state index in [1.165, 1.54) is 18.3 Å². The molecule has 0 saturated carbocycles. The fraction of sp³-hybridized carbons (Fsp3) is 0.312. The first kappa shape index (κ1) is 13.9. The lowest BCUT2D eigenvalue weighted by Crippen LogP contribution is -2.31. The molecular weight excluding hydrogens is 299 g/mol. The molecule has 3 heterocycles. The van der Waals surface area contributed by atoms with E-state index < -0.39 is 0 Å². The Bertz CT molecular complexity index is 885. The van der Waals surface area contributed by atoms with Crippen molar-refractivity contribution in [2.45, 2.75) is 25.8 Å². The number of aromatic nitrogens is 3. The van der Waals surface area contributed by atoms with Crippen molar-refractivity contribution < 1.29 is 13.7 Å². The summed E-state index contributed by atoms with van der Waals surface area (Å²) in [6.45, 7) is 2.37. The van der Waals surface area contributed by atoms with E-state index in [0.717, 1.165) is 12.8 Å². The zero-order valence-corrected chi connectivity index (χ0v) is 12.5. The lowest BCUT2D eigenvalue weighted by atomic mass is 10.2. The third kappa shape index (κ3) is 2.28. The summed E-state index contributed by atoms with van der Waals surface area (Å²) in [6.07, 6.45) is 3.16. The molecule has 1 N–H and O–H groups in total. The van der Waals surface area contributed by atoms with Gasteiger partial charge < -0.3 is 14.4 Å². The van der Waals surface area contributed by atoms with Crippen LogP contribution in [0.1, 0.15) is 40.8 Å². The number of fused-ring (bicyclic) bond motifs is 1. The summed E-state index contributed by atoms with van der Waals surface area (Å²) in [7, 11) is 0. The van der Waals surface area contributed by atoms with E-state index in [1.54, 1.807) is 17.9 Å². The lowest BCUT2D eigenvalue weighted by molar-refractivity contribution is 0.0729. The van der Waals surface area contributed by atoms with Crippen LogP contribution in [0.15, 0.2) is 28.9 Å². The average molecular weight is 314 g/mol. The van der Waals surface area contributed by atoms with E-state index in [9.17, 15) is 9.18 Å². The zero-order valence-electron chi connectivity index (χ0n) is 12.5. The van der Waals surface area contributed by atoms with Gasteiger partial charge in [-0.15, -0.1) is 0 Å². The van der Waals surface area contributed by atoms with E-state index in [0.29, 0.717) is 34.7 Å². The quantitative estimate of drug-likeness (QED) is 0.789. The third-order valence-corrected chi connectivity index (χ3v) is 4.27. The van der Waals surface area contributed by atoms with E-state index >= 15 is 0 Å². The molecule has 7 heteroatoms. The summed E-state index contributed by atoms with van der Waals surface area (Å²) in [6, 6.07) is 4.28. The van der Waals surface area contributed by atoms with Crippen molar-refractivity contribution in [3.63, 3.8) is 0 Å². The molecule has 1 unspecified atom stereocenters. The van der Waals surface area contributed by atoms with Gasteiger partial charge in [0.25, 0.3) is 5.91 Å². The molecule has 118 valence electrons. The topological polar surface area (TPSA) is 75.0 Å². The Hall–Kier alpha value is -2.70. The largest absolute Gasteiger partial charge is 0.361 e. The van der Waals surface area contributed by atoms with Gasteiger partial charge in [-0.25, -0.2) is 9.37 Å². The number of rotatable bonds is 2. The van der Waals surface area contributed by atoms with Gasteiger partial charge in [0.05, 0.1) is 23.3 Å². The highest BCUT2D eigenvalue weighted by Gasteiger charge is 2.34. The highest BCUT2D eigenvalue weighted by molar-refractivity contribution is 5.95. The van der Waals surface area contributed by atoms with Crippen LogP contribution >= 0.6 is 0 Å². The normalized spacial score (nSPS) is 18.0. The number of carbonyl (C=O) groups is 1. The molecule has 4 rings (SSSR count). The number of likely N-dealkylation sites (tertiary alicyclic amines) is 1. The average Bonchev–Trinajstić information content (AvgIpc) is 3.23. The highest BCUT2D eigenvalue weighted by atomic mass is 19.1. The second kappa shape index (κ2) is 5.19. The summed E-state index contributed by atoms with van der Waals surface area (Å²) in [5, 5.41) is 3.67. The monoisotopic (exact) mass is 314 g/mol. The number of aryl methyl sites for hydroxylation is 1. The minimum Gasteiger partial charge on any atom is -0.361 e. The number of imidazole rings is 1. The summed E-state index contributed by atoms with van der Waals surface area (Å²) >= 11 is 0. The minimum atomic E-state index is -0.313. The first-order chi connectivity index (χ1) is 11.1. The van der Waals surface area contributed by atoms with Crippen molar-refractivity contribution in [3.05, 3.63) is 47.4 Å². The maximum atomic E-state index is 13.3. The fourth-order valence-corrected chi connectivity index (χ4v) is 3.11. The molecule has 6 nitrogen and oxygen atoms in total. The van der Waals surface area contributed by atoms with Crippen LogP contribution in [-0.4, -0.2) is 32.5 Å². The zero-order chi connectivity index (χ0) is 16.0. The van der Waals surface area contributed by atoms with Crippen molar-refractivity contribution in [3.8, 4) is 0 Å². The number of amides is 1. The molecular formula is C16H15FN4O2. The predicted octanol–water partition coefficient (Wildman–Crippen LogP) is 2.98. The summed E-state index contributed by atoms with van der Waals surface area (Å²) in [5.41, 5.74) is 1.81. The van der Waals surface area contributed by atoms with Crippen molar-refractivity contribution in [2.75, 3.05) is 6.54 Å². The molecule has 0 radical (unpaired) electrons. The van der Waals surface area contributed by atoms with E-state index in [2.05, 4.69) is 15.1 Å². The second-order valence-electron chi connectivity index (χ2n) is 5.74. The molecule has 0 spiro atoms. The van der Waals surface area contributed by atoms with Crippen molar-refractivity contribution in [2.24, 2.45) is 0 Å². The van der Waals surface area contributed by atoms with Crippen LogP contribution in [0.5, 0.6) is 0 Å². The Balaban J connectivity index is 1.69. The molecule has 1 aliphatic rings. The maximum absolute atomic E-state index is 13.3. The Kier molecular flexibility index (Phi) is 3.14. The molecule has 0 bridgehead atoms. The minimum absolute atomic E-state index is 0.113. The molecule has 1 aliphatic heterocycles. The van der Waals surface area contributed by atoms with Crippen LogP contribution in [-0.2, 0) is 0 Å².